The minimum Gasteiger partial charge on any atom is -0.345 e. The van der Waals surface area contributed by atoms with Crippen molar-refractivity contribution in [2.24, 2.45) is 0 Å². The lowest BCUT2D eigenvalue weighted by Crippen LogP contribution is -2.42. The second kappa shape index (κ2) is 6.62. The summed E-state index contributed by atoms with van der Waals surface area (Å²) < 4.78 is 2.10. The van der Waals surface area contributed by atoms with Gasteiger partial charge >= 0.3 is 6.03 Å². The van der Waals surface area contributed by atoms with Crippen molar-refractivity contribution in [2.75, 3.05) is 19.6 Å². The number of likely N-dealkylation sites (tertiary alicyclic amines) is 1. The van der Waals surface area contributed by atoms with E-state index < -0.39 is 0 Å². The highest BCUT2D eigenvalue weighted by Crippen LogP contribution is 2.43. The fourth-order valence-electron chi connectivity index (χ4n) is 4.81. The number of carbonyl (C=O) groups excluding carboxylic acids is 1. The quantitative estimate of drug-likeness (QED) is 0.703. The molecule has 1 saturated heterocycles. The van der Waals surface area contributed by atoms with Gasteiger partial charge in [0, 0.05) is 60.6 Å². The topological polar surface area (TPSA) is 103 Å². The Morgan fingerprint density at radius 2 is 2.28 bits per heavy atom. The van der Waals surface area contributed by atoms with Crippen molar-refractivity contribution >= 4 is 17.1 Å². The highest BCUT2D eigenvalue weighted by atomic mass is 16.2. The molecule has 0 bridgehead atoms. The molecule has 8 nitrogen and oxygen atoms in total. The number of hydrogen-bond acceptors (Lipinski definition) is 4. The third kappa shape index (κ3) is 2.77. The van der Waals surface area contributed by atoms with Crippen molar-refractivity contribution in [1.29, 1.82) is 5.26 Å². The van der Waals surface area contributed by atoms with Crippen LogP contribution in [-0.4, -0.2) is 50.3 Å². The maximum atomic E-state index is 12.3. The van der Waals surface area contributed by atoms with Gasteiger partial charge in [-0.1, -0.05) is 0 Å². The van der Waals surface area contributed by atoms with Gasteiger partial charge in [-0.2, -0.15) is 10.4 Å². The molecule has 1 atom stereocenters. The Morgan fingerprint density at radius 3 is 3.10 bits per heavy atom. The predicted octanol–water partition coefficient (Wildman–Crippen LogP) is 2.76. The molecule has 0 radical (unpaired) electrons. The molecule has 0 saturated carbocycles. The first-order chi connectivity index (χ1) is 14.1. The number of nitrogens with one attached hydrogen (secondary N) is 2. The summed E-state index contributed by atoms with van der Waals surface area (Å²) in [6.45, 7) is 4.98. The fraction of sp³-hybridized carbons (Fsp3) is 0.429. The molecule has 3 aromatic rings. The van der Waals surface area contributed by atoms with Crippen LogP contribution in [0.1, 0.15) is 37.4 Å². The van der Waals surface area contributed by atoms with Gasteiger partial charge in [-0.25, -0.2) is 9.78 Å². The molecule has 2 aliphatic heterocycles. The third-order valence-electron chi connectivity index (χ3n) is 6.26. The third-order valence-corrected chi connectivity index (χ3v) is 6.26. The van der Waals surface area contributed by atoms with Gasteiger partial charge in [0.25, 0.3) is 0 Å². The first-order valence-electron chi connectivity index (χ1n) is 10.1. The van der Waals surface area contributed by atoms with Crippen LogP contribution in [0.2, 0.25) is 0 Å². The molecule has 1 unspecified atom stereocenters. The number of amides is 2. The summed E-state index contributed by atoms with van der Waals surface area (Å²) in [5.41, 5.74) is 4.25. The van der Waals surface area contributed by atoms with Gasteiger partial charge in [-0.05, 0) is 38.3 Å². The average molecular weight is 389 g/mol. The number of nitrogens with zero attached hydrogens (tertiary/aromatic N) is 5. The van der Waals surface area contributed by atoms with Crippen LogP contribution in [0.5, 0.6) is 0 Å². The first-order valence-corrected chi connectivity index (χ1v) is 10.1. The monoisotopic (exact) mass is 389 g/mol. The van der Waals surface area contributed by atoms with Gasteiger partial charge < -0.3 is 15.2 Å². The number of urea groups is 1. The van der Waals surface area contributed by atoms with Crippen molar-refractivity contribution in [3.63, 3.8) is 0 Å². The van der Waals surface area contributed by atoms with Crippen LogP contribution in [0.25, 0.3) is 22.3 Å². The Labute approximate surface area is 168 Å². The molecule has 2 aliphatic rings. The summed E-state index contributed by atoms with van der Waals surface area (Å²) in [5, 5.41) is 17.9. The summed E-state index contributed by atoms with van der Waals surface area (Å²) in [4.78, 5) is 21.7. The largest absolute Gasteiger partial charge is 0.345 e. The summed E-state index contributed by atoms with van der Waals surface area (Å²) in [6.07, 6.45) is 6.58. The number of hydrogen-bond donors (Lipinski definition) is 2. The van der Waals surface area contributed by atoms with E-state index in [1.54, 1.807) is 12.4 Å². The number of fused-ring (bicyclic) bond motifs is 3. The number of nitriles is 1. The lowest BCUT2D eigenvalue weighted by atomic mass is 9.77. The molecular formula is C21H23N7O. The molecule has 29 heavy (non-hydrogen) atoms. The number of pyridine rings is 1. The number of H-pyrrole nitrogens is 1. The Kier molecular flexibility index (Phi) is 4.05. The number of aryl methyl sites for hydroxylation is 1. The van der Waals surface area contributed by atoms with Gasteiger partial charge in [0.2, 0.25) is 0 Å². The van der Waals surface area contributed by atoms with E-state index in [2.05, 4.69) is 32.1 Å². The van der Waals surface area contributed by atoms with Crippen LogP contribution in [-0.2, 0) is 12.0 Å². The summed E-state index contributed by atoms with van der Waals surface area (Å²) in [6, 6.07) is 6.36. The smallest absolute Gasteiger partial charge is 0.317 e. The highest BCUT2D eigenvalue weighted by Gasteiger charge is 2.45. The Bertz CT molecular complexity index is 1140. The molecule has 8 heteroatoms. The fourth-order valence-corrected chi connectivity index (χ4v) is 4.81. The Morgan fingerprint density at radius 1 is 1.38 bits per heavy atom. The van der Waals surface area contributed by atoms with Crippen molar-refractivity contribution in [3.05, 3.63) is 35.8 Å². The van der Waals surface area contributed by atoms with Crippen LogP contribution in [0.3, 0.4) is 0 Å². The minimum atomic E-state index is -0.0298. The van der Waals surface area contributed by atoms with E-state index in [1.807, 2.05) is 17.9 Å². The van der Waals surface area contributed by atoms with Gasteiger partial charge in [0.15, 0.2) is 0 Å². The van der Waals surface area contributed by atoms with E-state index >= 15 is 0 Å². The maximum absolute atomic E-state index is 12.3. The lowest BCUT2D eigenvalue weighted by molar-refractivity contribution is 0.203. The van der Waals surface area contributed by atoms with Crippen LogP contribution < -0.4 is 5.32 Å². The highest BCUT2D eigenvalue weighted by molar-refractivity contribution is 5.86. The molecule has 2 amide bonds. The van der Waals surface area contributed by atoms with E-state index in [4.69, 9.17) is 5.10 Å². The number of aromatic nitrogens is 4. The molecule has 1 spiro atoms. The van der Waals surface area contributed by atoms with Crippen LogP contribution in [0.4, 0.5) is 4.79 Å². The molecular weight excluding hydrogens is 366 g/mol. The normalized spacial score (nSPS) is 20.8. The van der Waals surface area contributed by atoms with Crippen molar-refractivity contribution < 1.29 is 4.79 Å². The molecule has 5 rings (SSSR count). The van der Waals surface area contributed by atoms with Gasteiger partial charge in [-0.3, -0.25) is 4.68 Å². The molecule has 3 aromatic heterocycles. The molecule has 0 aromatic carbocycles. The summed E-state index contributed by atoms with van der Waals surface area (Å²) >= 11 is 0. The van der Waals surface area contributed by atoms with Crippen molar-refractivity contribution in [2.45, 2.75) is 38.1 Å². The van der Waals surface area contributed by atoms with E-state index in [1.165, 1.54) is 5.69 Å². The van der Waals surface area contributed by atoms with E-state index in [0.717, 1.165) is 55.5 Å². The standard InChI is InChI=1S/C21H23N7O/c1-2-23-20(29)27-7-5-21(13-27)4-3-6-28-18(21)9-17(26-28)14-8-16-15(10-22)12-25-19(16)24-11-14/h8-9,11-12H,2-7,13H2,1H3,(H,23,29)(H,24,25). The summed E-state index contributed by atoms with van der Waals surface area (Å²) in [7, 11) is 0. The lowest BCUT2D eigenvalue weighted by Gasteiger charge is -2.34. The number of rotatable bonds is 2. The van der Waals surface area contributed by atoms with Gasteiger partial charge in [0.1, 0.15) is 11.7 Å². The second-order valence-electron chi connectivity index (χ2n) is 7.96. The summed E-state index contributed by atoms with van der Waals surface area (Å²) in [5.74, 6) is 0. The van der Waals surface area contributed by atoms with E-state index in [9.17, 15) is 10.1 Å². The number of aromatic amines is 1. The average Bonchev–Trinajstić information content (AvgIpc) is 3.45. The van der Waals surface area contributed by atoms with Crippen molar-refractivity contribution in [3.8, 4) is 17.3 Å². The zero-order valence-corrected chi connectivity index (χ0v) is 16.4. The molecule has 148 valence electrons. The SMILES string of the molecule is CCNC(=O)N1CCC2(CCCn3nc(-c4cnc5[nH]cc(C#N)c5c4)cc32)C1. The Hall–Kier alpha value is -3.34. The zero-order valence-electron chi connectivity index (χ0n) is 16.4. The molecule has 5 heterocycles. The number of carbonyl (C=O) groups is 1. The predicted molar refractivity (Wildman–Crippen MR) is 108 cm³/mol. The van der Waals surface area contributed by atoms with E-state index in [0.29, 0.717) is 17.8 Å². The zero-order chi connectivity index (χ0) is 20.0. The maximum Gasteiger partial charge on any atom is 0.317 e. The van der Waals surface area contributed by atoms with Crippen LogP contribution >= 0.6 is 0 Å². The first kappa shape index (κ1) is 17.7. The molecule has 0 aliphatic carbocycles. The van der Waals surface area contributed by atoms with Gasteiger partial charge in [0.05, 0.1) is 11.3 Å². The van der Waals surface area contributed by atoms with Gasteiger partial charge in [-0.15, -0.1) is 0 Å². The minimum absolute atomic E-state index is 0.0207. The second-order valence-corrected chi connectivity index (χ2v) is 7.96. The van der Waals surface area contributed by atoms with E-state index in [-0.39, 0.29) is 11.4 Å². The Balaban J connectivity index is 1.51. The van der Waals surface area contributed by atoms with Crippen LogP contribution in [0.15, 0.2) is 24.5 Å². The van der Waals surface area contributed by atoms with Crippen LogP contribution in [0, 0.1) is 11.3 Å². The van der Waals surface area contributed by atoms with Crippen molar-refractivity contribution in [1.82, 2.24) is 30.0 Å². The molecule has 1 fully saturated rings. The molecule has 2 N–H and O–H groups in total.